The summed E-state index contributed by atoms with van der Waals surface area (Å²) in [6.45, 7) is 7.17. The molecule has 2 heterocycles. The number of aliphatic hydroxyl groups is 1. The fraction of sp³-hybridized carbons (Fsp3) is 0.692. The van der Waals surface area contributed by atoms with Gasteiger partial charge in [-0.05, 0) is 27.2 Å². The van der Waals surface area contributed by atoms with Crippen molar-refractivity contribution in [3.05, 3.63) is 10.3 Å². The minimum absolute atomic E-state index is 0.0282. The topological polar surface area (TPSA) is 41.5 Å². The third-order valence-electron chi connectivity index (χ3n) is 2.66. The van der Waals surface area contributed by atoms with Gasteiger partial charge in [-0.2, -0.15) is 0 Å². The molecule has 18 heavy (non-hydrogen) atoms. The van der Waals surface area contributed by atoms with Crippen molar-refractivity contribution >= 4 is 23.1 Å². The molecular weight excluding hydrogens is 266 g/mol. The lowest BCUT2D eigenvalue weighted by molar-refractivity contribution is 0.0990. The highest BCUT2D eigenvalue weighted by Gasteiger charge is 2.20. The van der Waals surface area contributed by atoms with E-state index < -0.39 is 6.10 Å². The number of aryl methyl sites for hydroxylation is 1. The summed E-state index contributed by atoms with van der Waals surface area (Å²) in [4.78, 5) is 2.72. The molecule has 1 aliphatic rings. The number of aliphatic hydroxyl groups excluding tert-OH is 1. The molecule has 1 aromatic rings. The van der Waals surface area contributed by atoms with E-state index in [-0.39, 0.29) is 5.54 Å². The number of rotatable bonds is 5. The monoisotopic (exact) mass is 287 g/mol. The maximum absolute atomic E-state index is 9.87. The first-order chi connectivity index (χ1) is 8.46. The van der Waals surface area contributed by atoms with Crippen molar-refractivity contribution in [2.45, 2.75) is 43.7 Å². The van der Waals surface area contributed by atoms with Gasteiger partial charge in [0, 0.05) is 28.1 Å². The van der Waals surface area contributed by atoms with Crippen LogP contribution >= 0.6 is 23.1 Å². The van der Waals surface area contributed by atoms with E-state index in [2.05, 4.69) is 31.5 Å². The molecule has 1 aromatic heterocycles. The van der Waals surface area contributed by atoms with Crippen molar-refractivity contribution in [1.82, 2.24) is 5.32 Å². The fourth-order valence-electron chi connectivity index (χ4n) is 1.71. The minimum Gasteiger partial charge on any atom is -0.489 e. The molecule has 5 heteroatoms. The molecule has 1 atom stereocenters. The third-order valence-corrected chi connectivity index (χ3v) is 4.96. The highest BCUT2D eigenvalue weighted by atomic mass is 32.2. The number of hydrogen-bond acceptors (Lipinski definition) is 5. The average molecular weight is 287 g/mol. The first-order valence-electron chi connectivity index (χ1n) is 6.25. The van der Waals surface area contributed by atoms with Gasteiger partial charge in [0.25, 0.3) is 0 Å². The Hall–Kier alpha value is -0.230. The SMILES string of the molecule is CC(C)(C)NCC(O)COc1csc2c1SCC2. The van der Waals surface area contributed by atoms with Gasteiger partial charge in [0.1, 0.15) is 18.5 Å². The van der Waals surface area contributed by atoms with Crippen molar-refractivity contribution in [2.24, 2.45) is 0 Å². The second-order valence-corrected chi connectivity index (χ2v) is 7.62. The number of nitrogens with one attached hydrogen (secondary N) is 1. The Balaban J connectivity index is 1.77. The second-order valence-electron chi connectivity index (χ2n) is 5.55. The van der Waals surface area contributed by atoms with Gasteiger partial charge in [-0.1, -0.05) is 0 Å². The summed E-state index contributed by atoms with van der Waals surface area (Å²) < 4.78 is 5.72. The molecular formula is C13H21NO2S2. The average Bonchev–Trinajstić information content (AvgIpc) is 2.85. The third kappa shape index (κ3) is 3.88. The highest BCUT2D eigenvalue weighted by Crippen LogP contribution is 2.43. The molecule has 1 aliphatic heterocycles. The summed E-state index contributed by atoms with van der Waals surface area (Å²) in [6, 6.07) is 0. The van der Waals surface area contributed by atoms with Gasteiger partial charge in [-0.3, -0.25) is 0 Å². The van der Waals surface area contributed by atoms with Gasteiger partial charge >= 0.3 is 0 Å². The molecule has 2 rings (SSSR count). The van der Waals surface area contributed by atoms with Gasteiger partial charge in [-0.15, -0.1) is 23.1 Å². The Morgan fingerprint density at radius 2 is 2.28 bits per heavy atom. The molecule has 0 fully saturated rings. The van der Waals surface area contributed by atoms with E-state index in [0.717, 1.165) is 17.9 Å². The predicted octanol–water partition coefficient (Wildman–Crippen LogP) is 2.52. The van der Waals surface area contributed by atoms with Crippen LogP contribution in [0.15, 0.2) is 10.3 Å². The number of ether oxygens (including phenoxy) is 1. The molecule has 0 spiro atoms. The fourth-order valence-corrected chi connectivity index (χ4v) is 4.13. The predicted molar refractivity (Wildman–Crippen MR) is 78.0 cm³/mol. The Labute approximate surface area is 117 Å². The van der Waals surface area contributed by atoms with E-state index in [9.17, 15) is 5.11 Å². The van der Waals surface area contributed by atoms with Crippen LogP contribution in [0.3, 0.4) is 0 Å². The lowest BCUT2D eigenvalue weighted by Crippen LogP contribution is -2.42. The van der Waals surface area contributed by atoms with Crippen molar-refractivity contribution in [3.63, 3.8) is 0 Å². The Kier molecular flexibility index (Phi) is 4.59. The van der Waals surface area contributed by atoms with Gasteiger partial charge in [-0.25, -0.2) is 0 Å². The van der Waals surface area contributed by atoms with E-state index in [0.29, 0.717) is 13.2 Å². The minimum atomic E-state index is -0.467. The van der Waals surface area contributed by atoms with Crippen LogP contribution < -0.4 is 10.1 Å². The molecule has 0 aromatic carbocycles. The first kappa shape index (κ1) is 14.2. The number of thioether (sulfide) groups is 1. The van der Waals surface area contributed by atoms with E-state index in [4.69, 9.17) is 4.74 Å². The van der Waals surface area contributed by atoms with E-state index >= 15 is 0 Å². The Morgan fingerprint density at radius 1 is 1.50 bits per heavy atom. The van der Waals surface area contributed by atoms with Crippen molar-refractivity contribution in [1.29, 1.82) is 0 Å². The summed E-state index contributed by atoms with van der Waals surface area (Å²) in [5.74, 6) is 2.11. The number of hydrogen-bond donors (Lipinski definition) is 2. The van der Waals surface area contributed by atoms with Crippen LogP contribution in [0, 0.1) is 0 Å². The first-order valence-corrected chi connectivity index (χ1v) is 8.11. The standard InChI is InChI=1S/C13H21NO2S2/c1-13(2,3)14-6-9(15)7-16-10-8-18-11-4-5-17-12(10)11/h8-9,14-15H,4-7H2,1-3H3. The van der Waals surface area contributed by atoms with Gasteiger partial charge < -0.3 is 15.2 Å². The number of fused-ring (bicyclic) bond motifs is 1. The zero-order chi connectivity index (χ0) is 13.2. The summed E-state index contributed by atoms with van der Waals surface area (Å²) in [7, 11) is 0. The van der Waals surface area contributed by atoms with Crippen LogP contribution in [-0.4, -0.2) is 35.7 Å². The van der Waals surface area contributed by atoms with E-state index in [1.807, 2.05) is 11.8 Å². The molecule has 0 aliphatic carbocycles. The molecule has 102 valence electrons. The van der Waals surface area contributed by atoms with Crippen LogP contribution in [-0.2, 0) is 6.42 Å². The van der Waals surface area contributed by atoms with E-state index in [1.54, 1.807) is 11.3 Å². The molecule has 1 unspecified atom stereocenters. The molecule has 0 saturated heterocycles. The van der Waals surface area contributed by atoms with Gasteiger partial charge in [0.15, 0.2) is 0 Å². The normalized spacial score (nSPS) is 16.7. The van der Waals surface area contributed by atoms with Gasteiger partial charge in [0.2, 0.25) is 0 Å². The van der Waals surface area contributed by atoms with Crippen molar-refractivity contribution < 1.29 is 9.84 Å². The summed E-state index contributed by atoms with van der Waals surface area (Å²) in [6.07, 6.45) is 0.688. The molecule has 0 bridgehead atoms. The lowest BCUT2D eigenvalue weighted by atomic mass is 10.1. The smallest absolute Gasteiger partial charge is 0.143 e. The molecule has 0 amide bonds. The second kappa shape index (κ2) is 5.82. The quantitative estimate of drug-likeness (QED) is 0.873. The molecule has 3 nitrogen and oxygen atoms in total. The zero-order valence-corrected chi connectivity index (χ0v) is 12.8. The van der Waals surface area contributed by atoms with Crippen LogP contribution in [0.1, 0.15) is 25.6 Å². The zero-order valence-electron chi connectivity index (χ0n) is 11.2. The molecule has 2 N–H and O–H groups in total. The van der Waals surface area contributed by atoms with E-state index in [1.165, 1.54) is 9.77 Å². The summed E-state index contributed by atoms with van der Waals surface area (Å²) in [5.41, 5.74) is 0.0282. The van der Waals surface area contributed by atoms with Crippen molar-refractivity contribution in [2.75, 3.05) is 18.9 Å². The van der Waals surface area contributed by atoms with Gasteiger partial charge in [0.05, 0.1) is 4.90 Å². The Morgan fingerprint density at radius 3 is 3.00 bits per heavy atom. The highest BCUT2D eigenvalue weighted by molar-refractivity contribution is 7.99. The molecule has 0 radical (unpaired) electrons. The maximum Gasteiger partial charge on any atom is 0.143 e. The molecule has 0 saturated carbocycles. The number of thiophene rings is 1. The van der Waals surface area contributed by atoms with Crippen LogP contribution in [0.4, 0.5) is 0 Å². The van der Waals surface area contributed by atoms with Crippen LogP contribution in [0.25, 0.3) is 0 Å². The van der Waals surface area contributed by atoms with Crippen LogP contribution in [0.2, 0.25) is 0 Å². The number of β-amino-alcohol motifs (C(OH)–C–C–N with tert-alkyl or cyclic N) is 1. The lowest BCUT2D eigenvalue weighted by Gasteiger charge is -2.22. The largest absolute Gasteiger partial charge is 0.489 e. The summed E-state index contributed by atoms with van der Waals surface area (Å²) >= 11 is 3.62. The van der Waals surface area contributed by atoms with Crippen molar-refractivity contribution in [3.8, 4) is 5.75 Å². The maximum atomic E-state index is 9.87. The Bertz CT molecular complexity index is 398. The summed E-state index contributed by atoms with van der Waals surface area (Å²) in [5, 5.41) is 15.2. The van der Waals surface area contributed by atoms with Crippen LogP contribution in [0.5, 0.6) is 5.75 Å².